The normalized spacial score (nSPS) is 22.4. The molecule has 1 aromatic carbocycles. The molecule has 1 heterocycles. The van der Waals surface area contributed by atoms with Crippen molar-refractivity contribution in [3.05, 3.63) is 18.2 Å². The lowest BCUT2D eigenvalue weighted by atomic mass is 9.68. The Morgan fingerprint density at radius 3 is 2.90 bits per heavy atom. The summed E-state index contributed by atoms with van der Waals surface area (Å²) in [6.07, 6.45) is 2.19. The number of rotatable bonds is 3. The Bertz CT molecular complexity index is 590. The van der Waals surface area contributed by atoms with Crippen molar-refractivity contribution in [2.75, 3.05) is 17.2 Å². The fourth-order valence-corrected chi connectivity index (χ4v) is 2.68. The molecule has 1 aliphatic heterocycles. The molecule has 1 saturated carbocycles. The number of anilines is 2. The smallest absolute Gasteiger partial charge is 0.265 e. The lowest BCUT2D eigenvalue weighted by molar-refractivity contribution is -0.129. The molecule has 1 fully saturated rings. The van der Waals surface area contributed by atoms with Crippen molar-refractivity contribution in [2.24, 2.45) is 11.1 Å². The van der Waals surface area contributed by atoms with Crippen LogP contribution in [0, 0.1) is 5.41 Å². The Morgan fingerprint density at radius 2 is 2.29 bits per heavy atom. The highest BCUT2D eigenvalue weighted by Gasteiger charge is 2.42. The van der Waals surface area contributed by atoms with Crippen LogP contribution in [0.5, 0.6) is 5.75 Å². The van der Waals surface area contributed by atoms with Crippen molar-refractivity contribution in [3.63, 3.8) is 0 Å². The van der Waals surface area contributed by atoms with Gasteiger partial charge in [0.1, 0.15) is 5.75 Å². The van der Waals surface area contributed by atoms with Crippen LogP contribution in [-0.2, 0) is 9.59 Å². The standard InChI is InChI=1S/C15H19N3O3/c1-9-13(19)18-11-7-10(3-4-12(11)21-9)17-14(20)15(8-16)5-2-6-15/h3-4,7,9H,2,5-6,8,16H2,1H3,(H,17,20)(H,18,19). The van der Waals surface area contributed by atoms with E-state index < -0.39 is 11.5 Å². The number of hydrogen-bond acceptors (Lipinski definition) is 4. The van der Waals surface area contributed by atoms with E-state index in [2.05, 4.69) is 10.6 Å². The number of carbonyl (C=O) groups excluding carboxylic acids is 2. The third-order valence-corrected chi connectivity index (χ3v) is 4.35. The van der Waals surface area contributed by atoms with E-state index in [1.807, 2.05) is 0 Å². The molecule has 1 unspecified atom stereocenters. The molecule has 0 bridgehead atoms. The van der Waals surface area contributed by atoms with Gasteiger partial charge in [-0.25, -0.2) is 0 Å². The number of fused-ring (bicyclic) bond motifs is 1. The van der Waals surface area contributed by atoms with Crippen molar-refractivity contribution in [3.8, 4) is 5.75 Å². The minimum absolute atomic E-state index is 0.0485. The summed E-state index contributed by atoms with van der Waals surface area (Å²) in [6.45, 7) is 2.05. The van der Waals surface area contributed by atoms with Crippen LogP contribution in [0.3, 0.4) is 0 Å². The van der Waals surface area contributed by atoms with E-state index in [-0.39, 0.29) is 11.8 Å². The van der Waals surface area contributed by atoms with Crippen LogP contribution < -0.4 is 21.1 Å². The number of nitrogens with one attached hydrogen (secondary N) is 2. The van der Waals surface area contributed by atoms with Crippen LogP contribution >= 0.6 is 0 Å². The Balaban J connectivity index is 1.77. The summed E-state index contributed by atoms with van der Waals surface area (Å²) in [6, 6.07) is 5.22. The van der Waals surface area contributed by atoms with Gasteiger partial charge in [0.15, 0.2) is 6.10 Å². The van der Waals surface area contributed by atoms with Crippen LogP contribution in [0.1, 0.15) is 26.2 Å². The van der Waals surface area contributed by atoms with Crippen LogP contribution in [0.4, 0.5) is 11.4 Å². The van der Waals surface area contributed by atoms with Gasteiger partial charge >= 0.3 is 0 Å². The molecule has 1 aliphatic carbocycles. The van der Waals surface area contributed by atoms with Crippen molar-refractivity contribution >= 4 is 23.2 Å². The first-order chi connectivity index (χ1) is 10.0. The average Bonchev–Trinajstić information content (AvgIpc) is 2.40. The second-order valence-electron chi connectivity index (χ2n) is 5.75. The zero-order chi connectivity index (χ0) is 15.0. The lowest BCUT2D eigenvalue weighted by Crippen LogP contribution is -2.47. The molecule has 6 nitrogen and oxygen atoms in total. The summed E-state index contributed by atoms with van der Waals surface area (Å²) in [5.41, 5.74) is 6.51. The van der Waals surface area contributed by atoms with Gasteiger partial charge in [-0.3, -0.25) is 9.59 Å². The number of hydrogen-bond donors (Lipinski definition) is 3. The second kappa shape index (κ2) is 5.04. The van der Waals surface area contributed by atoms with Gasteiger partial charge in [-0.1, -0.05) is 6.42 Å². The van der Waals surface area contributed by atoms with Crippen LogP contribution in [0.2, 0.25) is 0 Å². The van der Waals surface area contributed by atoms with Crippen molar-refractivity contribution in [1.29, 1.82) is 0 Å². The molecule has 21 heavy (non-hydrogen) atoms. The van der Waals surface area contributed by atoms with Gasteiger partial charge in [-0.15, -0.1) is 0 Å². The quantitative estimate of drug-likeness (QED) is 0.785. The molecule has 3 rings (SSSR count). The largest absolute Gasteiger partial charge is 0.479 e. The maximum Gasteiger partial charge on any atom is 0.265 e. The highest BCUT2D eigenvalue weighted by atomic mass is 16.5. The molecule has 2 aliphatic rings. The molecule has 112 valence electrons. The molecule has 2 amide bonds. The van der Waals surface area contributed by atoms with Gasteiger partial charge in [0, 0.05) is 12.2 Å². The maximum atomic E-state index is 12.3. The van der Waals surface area contributed by atoms with Crippen LogP contribution in [0.25, 0.3) is 0 Å². The molecule has 0 radical (unpaired) electrons. The van der Waals surface area contributed by atoms with E-state index >= 15 is 0 Å². The summed E-state index contributed by atoms with van der Waals surface area (Å²) in [4.78, 5) is 23.9. The SMILES string of the molecule is CC1Oc2ccc(NC(=O)C3(CN)CCC3)cc2NC1=O. The Kier molecular flexibility index (Phi) is 3.33. The average molecular weight is 289 g/mol. The molecular formula is C15H19N3O3. The fourth-order valence-electron chi connectivity index (χ4n) is 2.68. The first kappa shape index (κ1) is 13.9. The van der Waals surface area contributed by atoms with Gasteiger partial charge in [-0.2, -0.15) is 0 Å². The van der Waals surface area contributed by atoms with Gasteiger partial charge in [0.05, 0.1) is 11.1 Å². The number of benzene rings is 1. The zero-order valence-electron chi connectivity index (χ0n) is 11.9. The summed E-state index contributed by atoms with van der Waals surface area (Å²) in [5.74, 6) is 0.369. The molecule has 6 heteroatoms. The number of ether oxygens (including phenoxy) is 1. The first-order valence-electron chi connectivity index (χ1n) is 7.17. The third kappa shape index (κ3) is 2.35. The topological polar surface area (TPSA) is 93.4 Å². The Hall–Kier alpha value is -2.08. The lowest BCUT2D eigenvalue weighted by Gasteiger charge is -2.39. The highest BCUT2D eigenvalue weighted by molar-refractivity contribution is 6.00. The van der Waals surface area contributed by atoms with E-state index in [4.69, 9.17) is 10.5 Å². The minimum atomic E-state index is -0.506. The van der Waals surface area contributed by atoms with Crippen molar-refractivity contribution in [2.45, 2.75) is 32.3 Å². The molecular weight excluding hydrogens is 270 g/mol. The summed E-state index contributed by atoms with van der Waals surface area (Å²) in [5, 5.41) is 5.65. The van der Waals surface area contributed by atoms with Crippen LogP contribution in [0.15, 0.2) is 18.2 Å². The monoisotopic (exact) mass is 289 g/mol. The molecule has 0 aromatic heterocycles. The Morgan fingerprint density at radius 1 is 1.52 bits per heavy atom. The predicted octanol–water partition coefficient (Wildman–Crippen LogP) is 1.47. The predicted molar refractivity (Wildman–Crippen MR) is 79.1 cm³/mol. The number of nitrogens with two attached hydrogens (primary N) is 1. The fraction of sp³-hybridized carbons (Fsp3) is 0.467. The number of amides is 2. The summed E-state index contributed by atoms with van der Waals surface area (Å²) >= 11 is 0. The van der Waals surface area contributed by atoms with E-state index in [0.29, 0.717) is 23.7 Å². The van der Waals surface area contributed by atoms with E-state index in [9.17, 15) is 9.59 Å². The Labute approximate surface area is 123 Å². The molecule has 1 atom stereocenters. The van der Waals surface area contributed by atoms with Crippen LogP contribution in [-0.4, -0.2) is 24.5 Å². The van der Waals surface area contributed by atoms with Gasteiger partial charge < -0.3 is 21.1 Å². The molecule has 0 spiro atoms. The first-order valence-corrected chi connectivity index (χ1v) is 7.17. The van der Waals surface area contributed by atoms with Crippen molar-refractivity contribution < 1.29 is 14.3 Å². The number of carbonyl (C=O) groups is 2. The van der Waals surface area contributed by atoms with Gasteiger partial charge in [0.25, 0.3) is 5.91 Å². The molecule has 1 aromatic rings. The maximum absolute atomic E-state index is 12.3. The molecule has 0 saturated heterocycles. The van der Waals surface area contributed by atoms with Gasteiger partial charge in [0.2, 0.25) is 5.91 Å². The summed E-state index contributed by atoms with van der Waals surface area (Å²) in [7, 11) is 0. The second-order valence-corrected chi connectivity index (χ2v) is 5.75. The van der Waals surface area contributed by atoms with E-state index in [1.54, 1.807) is 25.1 Å². The minimum Gasteiger partial charge on any atom is -0.479 e. The van der Waals surface area contributed by atoms with E-state index in [1.165, 1.54) is 0 Å². The zero-order valence-corrected chi connectivity index (χ0v) is 11.9. The van der Waals surface area contributed by atoms with Crippen molar-refractivity contribution in [1.82, 2.24) is 0 Å². The van der Waals surface area contributed by atoms with Gasteiger partial charge in [-0.05, 0) is 38.0 Å². The highest BCUT2D eigenvalue weighted by Crippen LogP contribution is 2.41. The van der Waals surface area contributed by atoms with E-state index in [0.717, 1.165) is 19.3 Å². The third-order valence-electron chi connectivity index (χ3n) is 4.35. The summed E-state index contributed by atoms with van der Waals surface area (Å²) < 4.78 is 5.48. The molecule has 4 N–H and O–H groups in total.